The molecule has 3 heteroatoms. The number of rotatable bonds is 8. The predicted octanol–water partition coefficient (Wildman–Crippen LogP) is 8.28. The maximum absolute atomic E-state index is 5.16. The molecule has 1 heterocycles. The minimum atomic E-state index is -0.0989. The molecule has 0 atom stereocenters. The highest BCUT2D eigenvalue weighted by Crippen LogP contribution is 2.28. The van der Waals surface area contributed by atoms with Crippen LogP contribution in [-0.2, 0) is 0 Å². The van der Waals surface area contributed by atoms with E-state index in [4.69, 9.17) is 15.0 Å². The fourth-order valence-corrected chi connectivity index (χ4v) is 4.58. The molecule has 1 aromatic heterocycles. The summed E-state index contributed by atoms with van der Waals surface area (Å²) in [6.07, 6.45) is 0. The summed E-state index contributed by atoms with van der Waals surface area (Å²) in [5, 5.41) is 0. The van der Waals surface area contributed by atoms with Crippen LogP contribution in [0.4, 0.5) is 0 Å². The zero-order chi connectivity index (χ0) is 26.2. The van der Waals surface area contributed by atoms with Crippen LogP contribution in [-0.4, -0.2) is 16.4 Å². The maximum atomic E-state index is 5.16. The highest BCUT2D eigenvalue weighted by molar-refractivity contribution is 6.01. The van der Waals surface area contributed by atoms with Crippen LogP contribution in [0.2, 0.25) is 0 Å². The Kier molecular flexibility index (Phi) is 7.95. The lowest BCUT2D eigenvalue weighted by Crippen LogP contribution is -2.09. The van der Waals surface area contributed by atoms with Crippen LogP contribution in [0.25, 0.3) is 0 Å². The smallest absolute Gasteiger partial charge is 0.100 e. The summed E-state index contributed by atoms with van der Waals surface area (Å²) >= 11 is 0. The van der Waals surface area contributed by atoms with E-state index in [0.29, 0.717) is 0 Å². The van der Waals surface area contributed by atoms with Crippen LogP contribution >= 0.6 is 0 Å². The highest BCUT2D eigenvalue weighted by atomic mass is 14.9. The Hall–Kier alpha value is -4.63. The molecule has 0 radical (unpaired) electrons. The van der Waals surface area contributed by atoms with Crippen LogP contribution in [0.5, 0.6) is 0 Å². The van der Waals surface area contributed by atoms with Gasteiger partial charge in [-0.25, -0.2) is 4.98 Å². The first-order valence-corrected chi connectivity index (χ1v) is 13.0. The van der Waals surface area contributed by atoms with Gasteiger partial charge < -0.3 is 0 Å². The van der Waals surface area contributed by atoms with Gasteiger partial charge in [-0.3, -0.25) is 9.98 Å². The third-order valence-electron chi connectivity index (χ3n) is 6.60. The van der Waals surface area contributed by atoms with Gasteiger partial charge in [-0.05, 0) is 48.2 Å². The Morgan fingerprint density at radius 2 is 0.711 bits per heavy atom. The molecule has 0 aliphatic heterocycles. The van der Waals surface area contributed by atoms with Crippen molar-refractivity contribution in [3.63, 3.8) is 0 Å². The molecule has 0 saturated heterocycles. The fourth-order valence-electron chi connectivity index (χ4n) is 4.58. The quantitative estimate of drug-likeness (QED) is 0.200. The molecule has 3 nitrogen and oxygen atoms in total. The molecule has 0 aliphatic rings. The third kappa shape index (κ3) is 6.01. The molecule has 4 aromatic carbocycles. The Bertz CT molecular complexity index is 1320. The van der Waals surface area contributed by atoms with Crippen molar-refractivity contribution in [1.29, 1.82) is 0 Å². The van der Waals surface area contributed by atoms with Gasteiger partial charge in [0.2, 0.25) is 0 Å². The molecule has 0 bridgehead atoms. The van der Waals surface area contributed by atoms with Crippen molar-refractivity contribution in [3.8, 4) is 0 Å². The van der Waals surface area contributed by atoms with E-state index in [-0.39, 0.29) is 12.1 Å². The lowest BCUT2D eigenvalue weighted by Gasteiger charge is -2.16. The van der Waals surface area contributed by atoms with Crippen molar-refractivity contribution in [2.75, 3.05) is 0 Å². The normalized spacial score (nSPS) is 12.2. The van der Waals surface area contributed by atoms with E-state index in [1.165, 1.54) is 0 Å². The molecule has 0 unspecified atom stereocenters. The largest absolute Gasteiger partial charge is 0.275 e. The molecule has 0 saturated carbocycles. The van der Waals surface area contributed by atoms with Gasteiger partial charge in [-0.2, -0.15) is 0 Å². The Morgan fingerprint density at radius 1 is 0.421 bits per heavy atom. The second kappa shape index (κ2) is 12.1. The van der Waals surface area contributed by atoms with E-state index >= 15 is 0 Å². The molecule has 38 heavy (non-hydrogen) atoms. The van der Waals surface area contributed by atoms with E-state index in [9.17, 15) is 0 Å². The number of aliphatic imine (C=N–C) groups is 2. The molecule has 0 fully saturated rings. The van der Waals surface area contributed by atoms with Gasteiger partial charge >= 0.3 is 0 Å². The zero-order valence-electron chi connectivity index (χ0n) is 21.8. The van der Waals surface area contributed by atoms with Gasteiger partial charge in [0.05, 0.1) is 22.8 Å². The van der Waals surface area contributed by atoms with E-state index < -0.39 is 0 Å². The van der Waals surface area contributed by atoms with Crippen LogP contribution in [0.1, 0.15) is 59.6 Å². The second-order valence-electron chi connectivity index (χ2n) is 9.28. The van der Waals surface area contributed by atoms with E-state index in [1.54, 1.807) is 0 Å². The molecule has 0 N–H and O–H groups in total. The summed E-state index contributed by atoms with van der Waals surface area (Å²) < 4.78 is 0. The number of benzene rings is 4. The number of nitrogens with zero attached hydrogens (tertiary/aromatic N) is 3. The summed E-state index contributed by atoms with van der Waals surface area (Å²) in [7, 11) is 0. The fraction of sp³-hybridized carbons (Fsp3) is 0.114. The molecule has 0 amide bonds. The monoisotopic (exact) mass is 493 g/mol. The van der Waals surface area contributed by atoms with Crippen LogP contribution < -0.4 is 0 Å². The van der Waals surface area contributed by atoms with Gasteiger partial charge in [0.1, 0.15) is 12.1 Å². The van der Waals surface area contributed by atoms with Crippen molar-refractivity contribution in [2.45, 2.75) is 25.9 Å². The summed E-state index contributed by atoms with van der Waals surface area (Å²) in [6.45, 7) is 4.07. The van der Waals surface area contributed by atoms with Crippen molar-refractivity contribution in [1.82, 2.24) is 4.98 Å². The lowest BCUT2D eigenvalue weighted by molar-refractivity contribution is 0.868. The van der Waals surface area contributed by atoms with Gasteiger partial charge in [0.25, 0.3) is 0 Å². The lowest BCUT2D eigenvalue weighted by atomic mass is 9.99. The van der Waals surface area contributed by atoms with E-state index in [2.05, 4.69) is 97.1 Å². The van der Waals surface area contributed by atoms with Crippen molar-refractivity contribution >= 4 is 11.4 Å². The average molecular weight is 494 g/mol. The topological polar surface area (TPSA) is 37.6 Å². The Labute approximate surface area is 225 Å². The second-order valence-corrected chi connectivity index (χ2v) is 9.28. The predicted molar refractivity (Wildman–Crippen MR) is 158 cm³/mol. The third-order valence-corrected chi connectivity index (χ3v) is 6.60. The van der Waals surface area contributed by atoms with Crippen LogP contribution in [0.15, 0.2) is 150 Å². The minimum absolute atomic E-state index is 0.0989. The number of hydrogen-bond acceptors (Lipinski definition) is 3. The first-order valence-electron chi connectivity index (χ1n) is 13.0. The molecule has 0 spiro atoms. The number of hydrogen-bond donors (Lipinski definition) is 0. The molecule has 5 aromatic rings. The SMILES string of the molecule is C/C(=N\C(c1ccccc1)c1ccccc1)c1cccc(/C(C)=N/C(c2ccccc2)c2ccccc2)n1. The van der Waals surface area contributed by atoms with Crippen molar-refractivity contribution < 1.29 is 0 Å². The van der Waals surface area contributed by atoms with Gasteiger partial charge in [-0.15, -0.1) is 0 Å². The summed E-state index contributed by atoms with van der Waals surface area (Å²) in [6, 6.07) is 47.5. The molecule has 0 aliphatic carbocycles. The highest BCUT2D eigenvalue weighted by Gasteiger charge is 2.16. The standard InChI is InChI=1S/C35H31N3/c1-26(36-34(28-16-7-3-8-17-28)29-18-9-4-10-19-29)32-24-15-25-33(38-32)27(2)37-35(30-20-11-5-12-21-30)31-22-13-6-14-23-31/h3-25,34-35H,1-2H3/b36-26+,37-27+. The van der Waals surface area contributed by atoms with E-state index in [1.807, 2.05) is 56.3 Å². The molecule has 5 rings (SSSR count). The van der Waals surface area contributed by atoms with Gasteiger partial charge in [0, 0.05) is 0 Å². The summed E-state index contributed by atoms with van der Waals surface area (Å²) in [5.74, 6) is 0. The summed E-state index contributed by atoms with van der Waals surface area (Å²) in [4.78, 5) is 15.3. The van der Waals surface area contributed by atoms with E-state index in [0.717, 1.165) is 45.1 Å². The number of aromatic nitrogens is 1. The zero-order valence-corrected chi connectivity index (χ0v) is 21.8. The Morgan fingerprint density at radius 3 is 1.00 bits per heavy atom. The first-order chi connectivity index (χ1) is 18.7. The number of pyridine rings is 1. The van der Waals surface area contributed by atoms with Gasteiger partial charge in [-0.1, -0.05) is 127 Å². The van der Waals surface area contributed by atoms with Crippen LogP contribution in [0, 0.1) is 0 Å². The average Bonchev–Trinajstić information content (AvgIpc) is 3.00. The minimum Gasteiger partial charge on any atom is -0.275 e. The Balaban J connectivity index is 1.50. The van der Waals surface area contributed by atoms with Gasteiger partial charge in [0.15, 0.2) is 0 Å². The first kappa shape index (κ1) is 25.0. The van der Waals surface area contributed by atoms with Crippen LogP contribution in [0.3, 0.4) is 0 Å². The molecular weight excluding hydrogens is 462 g/mol. The van der Waals surface area contributed by atoms with Crippen molar-refractivity contribution in [2.24, 2.45) is 9.98 Å². The maximum Gasteiger partial charge on any atom is 0.100 e. The molecular formula is C35H31N3. The summed E-state index contributed by atoms with van der Waals surface area (Å²) in [5.41, 5.74) is 8.09. The molecule has 186 valence electrons. The van der Waals surface area contributed by atoms with Crippen molar-refractivity contribution in [3.05, 3.63) is 173 Å².